The van der Waals surface area contributed by atoms with Gasteiger partial charge in [-0.3, -0.25) is 4.98 Å². The molecule has 13 heavy (non-hydrogen) atoms. The van der Waals surface area contributed by atoms with Gasteiger partial charge in [-0.2, -0.15) is 0 Å². The van der Waals surface area contributed by atoms with Gasteiger partial charge in [0.25, 0.3) is 0 Å². The Morgan fingerprint density at radius 1 is 1.38 bits per heavy atom. The first-order chi connectivity index (χ1) is 6.02. The molecule has 1 atom stereocenters. The van der Waals surface area contributed by atoms with E-state index < -0.39 is 6.10 Å². The highest BCUT2D eigenvalue weighted by Crippen LogP contribution is 2.27. The van der Waals surface area contributed by atoms with Crippen molar-refractivity contribution in [3.63, 3.8) is 0 Å². The van der Waals surface area contributed by atoms with E-state index in [-0.39, 0.29) is 5.92 Å². The maximum Gasteiger partial charge on any atom is 0.0997 e. The van der Waals surface area contributed by atoms with Crippen LogP contribution in [0.15, 0.2) is 12.3 Å². The molecule has 1 unspecified atom stereocenters. The van der Waals surface area contributed by atoms with Crippen LogP contribution in [0.2, 0.25) is 10.0 Å². The van der Waals surface area contributed by atoms with E-state index in [1.54, 1.807) is 6.07 Å². The predicted molar refractivity (Wildman–Crippen MR) is 54.1 cm³/mol. The van der Waals surface area contributed by atoms with Crippen molar-refractivity contribution in [3.8, 4) is 0 Å². The second-order valence-electron chi connectivity index (χ2n) is 3.21. The Bertz CT molecular complexity index is 302. The minimum atomic E-state index is -0.634. The van der Waals surface area contributed by atoms with Crippen LogP contribution in [-0.4, -0.2) is 10.1 Å². The predicted octanol–water partition coefficient (Wildman–Crippen LogP) is 3.08. The Labute approximate surface area is 87.5 Å². The number of hydrogen-bond acceptors (Lipinski definition) is 2. The Morgan fingerprint density at radius 3 is 2.46 bits per heavy atom. The maximum absolute atomic E-state index is 9.68. The van der Waals surface area contributed by atoms with E-state index in [4.69, 9.17) is 23.2 Å². The molecule has 0 aromatic carbocycles. The van der Waals surface area contributed by atoms with E-state index in [9.17, 15) is 5.11 Å². The first-order valence-electron chi connectivity index (χ1n) is 4.01. The standard InChI is InChI=1S/C9H11Cl2NO/c1-5(2)9(13)8-7(11)3-6(10)4-12-8/h3-5,9,13H,1-2H3. The van der Waals surface area contributed by atoms with Gasteiger partial charge >= 0.3 is 0 Å². The first-order valence-corrected chi connectivity index (χ1v) is 4.77. The lowest BCUT2D eigenvalue weighted by molar-refractivity contribution is 0.122. The summed E-state index contributed by atoms with van der Waals surface area (Å²) in [6, 6.07) is 1.58. The third-order valence-electron chi connectivity index (χ3n) is 1.75. The molecule has 4 heteroatoms. The SMILES string of the molecule is CC(C)C(O)c1ncc(Cl)cc1Cl. The van der Waals surface area contributed by atoms with Crippen molar-refractivity contribution in [2.45, 2.75) is 20.0 Å². The fraction of sp³-hybridized carbons (Fsp3) is 0.444. The zero-order valence-electron chi connectivity index (χ0n) is 7.46. The van der Waals surface area contributed by atoms with Crippen LogP contribution in [-0.2, 0) is 0 Å². The monoisotopic (exact) mass is 219 g/mol. The van der Waals surface area contributed by atoms with Gasteiger partial charge < -0.3 is 5.11 Å². The maximum atomic E-state index is 9.68. The van der Waals surface area contributed by atoms with Crippen LogP contribution in [0.1, 0.15) is 25.6 Å². The van der Waals surface area contributed by atoms with Crippen LogP contribution in [0.3, 0.4) is 0 Å². The van der Waals surface area contributed by atoms with Crippen molar-refractivity contribution in [3.05, 3.63) is 28.0 Å². The molecule has 0 fully saturated rings. The highest BCUT2D eigenvalue weighted by Gasteiger charge is 2.16. The molecule has 2 nitrogen and oxygen atoms in total. The summed E-state index contributed by atoms with van der Waals surface area (Å²) in [6.45, 7) is 3.80. The number of aliphatic hydroxyl groups excluding tert-OH is 1. The van der Waals surface area contributed by atoms with Gasteiger partial charge in [-0.15, -0.1) is 0 Å². The minimum absolute atomic E-state index is 0.0891. The van der Waals surface area contributed by atoms with Crippen LogP contribution in [0.5, 0.6) is 0 Å². The minimum Gasteiger partial charge on any atom is -0.386 e. The van der Waals surface area contributed by atoms with Gasteiger partial charge in [0.2, 0.25) is 0 Å². The van der Waals surface area contributed by atoms with E-state index >= 15 is 0 Å². The van der Waals surface area contributed by atoms with Crippen LogP contribution in [0, 0.1) is 5.92 Å². The van der Waals surface area contributed by atoms with Gasteiger partial charge in [-0.25, -0.2) is 0 Å². The molecule has 0 bridgehead atoms. The number of aliphatic hydroxyl groups is 1. The summed E-state index contributed by atoms with van der Waals surface area (Å²) in [6.07, 6.45) is 0.846. The quantitative estimate of drug-likeness (QED) is 0.830. The van der Waals surface area contributed by atoms with Gasteiger partial charge in [0.15, 0.2) is 0 Å². The second-order valence-corrected chi connectivity index (χ2v) is 4.05. The molecule has 0 radical (unpaired) electrons. The molecular weight excluding hydrogens is 209 g/mol. The topological polar surface area (TPSA) is 33.1 Å². The molecule has 1 aromatic rings. The molecular formula is C9H11Cl2NO. The number of halogens is 2. The van der Waals surface area contributed by atoms with Gasteiger partial charge in [-0.1, -0.05) is 37.0 Å². The lowest BCUT2D eigenvalue weighted by Gasteiger charge is -2.14. The van der Waals surface area contributed by atoms with Crippen LogP contribution in [0.4, 0.5) is 0 Å². The zero-order chi connectivity index (χ0) is 10.0. The summed E-state index contributed by atoms with van der Waals surface area (Å²) in [5.74, 6) is 0.0891. The van der Waals surface area contributed by atoms with E-state index in [0.29, 0.717) is 15.7 Å². The summed E-state index contributed by atoms with van der Waals surface area (Å²) in [5.41, 5.74) is 0.487. The highest BCUT2D eigenvalue weighted by atomic mass is 35.5. The van der Waals surface area contributed by atoms with Crippen LogP contribution < -0.4 is 0 Å². The molecule has 0 spiro atoms. The fourth-order valence-corrected chi connectivity index (χ4v) is 1.45. The summed E-state index contributed by atoms with van der Waals surface area (Å²) < 4.78 is 0. The average Bonchev–Trinajstić information content (AvgIpc) is 2.03. The molecule has 0 amide bonds. The van der Waals surface area contributed by atoms with Crippen molar-refractivity contribution in [1.82, 2.24) is 4.98 Å². The first kappa shape index (κ1) is 10.8. The van der Waals surface area contributed by atoms with Gasteiger partial charge in [0.05, 0.1) is 21.8 Å². The summed E-state index contributed by atoms with van der Waals surface area (Å²) in [4.78, 5) is 3.99. The van der Waals surface area contributed by atoms with Gasteiger partial charge in [0, 0.05) is 6.20 Å². The lowest BCUT2D eigenvalue weighted by atomic mass is 10.0. The molecule has 0 aliphatic carbocycles. The molecule has 0 saturated carbocycles. The average molecular weight is 220 g/mol. The van der Waals surface area contributed by atoms with Gasteiger partial charge in [0.1, 0.15) is 0 Å². The molecule has 0 aliphatic heterocycles. The van der Waals surface area contributed by atoms with E-state index in [1.165, 1.54) is 6.20 Å². The summed E-state index contributed by atoms with van der Waals surface area (Å²) >= 11 is 11.5. The van der Waals surface area contributed by atoms with E-state index in [1.807, 2.05) is 13.8 Å². The zero-order valence-corrected chi connectivity index (χ0v) is 8.97. The number of pyridine rings is 1. The highest BCUT2D eigenvalue weighted by molar-refractivity contribution is 6.34. The van der Waals surface area contributed by atoms with Crippen molar-refractivity contribution < 1.29 is 5.11 Å². The molecule has 0 saturated heterocycles. The van der Waals surface area contributed by atoms with Crippen LogP contribution in [0.25, 0.3) is 0 Å². The third-order valence-corrected chi connectivity index (χ3v) is 2.26. The Balaban J connectivity index is 3.01. The lowest BCUT2D eigenvalue weighted by Crippen LogP contribution is -2.08. The molecule has 1 heterocycles. The van der Waals surface area contributed by atoms with Crippen molar-refractivity contribution in [1.29, 1.82) is 0 Å². The number of aromatic nitrogens is 1. The normalized spacial score (nSPS) is 13.4. The Morgan fingerprint density at radius 2 is 2.00 bits per heavy atom. The Hall–Kier alpha value is -0.310. The molecule has 72 valence electrons. The summed E-state index contributed by atoms with van der Waals surface area (Å²) in [7, 11) is 0. The molecule has 0 aliphatic rings. The smallest absolute Gasteiger partial charge is 0.0997 e. The number of nitrogens with zero attached hydrogens (tertiary/aromatic N) is 1. The summed E-state index contributed by atoms with van der Waals surface area (Å²) in [5, 5.41) is 10.6. The fourth-order valence-electron chi connectivity index (χ4n) is 0.959. The largest absolute Gasteiger partial charge is 0.386 e. The van der Waals surface area contributed by atoms with Gasteiger partial charge in [-0.05, 0) is 12.0 Å². The van der Waals surface area contributed by atoms with Crippen molar-refractivity contribution >= 4 is 23.2 Å². The van der Waals surface area contributed by atoms with E-state index in [2.05, 4.69) is 4.98 Å². The van der Waals surface area contributed by atoms with Crippen molar-refractivity contribution in [2.75, 3.05) is 0 Å². The van der Waals surface area contributed by atoms with E-state index in [0.717, 1.165) is 0 Å². The molecule has 1 N–H and O–H groups in total. The molecule has 1 aromatic heterocycles. The number of rotatable bonds is 2. The number of hydrogen-bond donors (Lipinski definition) is 1. The van der Waals surface area contributed by atoms with Crippen molar-refractivity contribution in [2.24, 2.45) is 5.92 Å². The third kappa shape index (κ3) is 2.56. The Kier molecular flexibility index (Phi) is 3.54. The van der Waals surface area contributed by atoms with Crippen LogP contribution >= 0.6 is 23.2 Å². The molecule has 1 rings (SSSR count). The second kappa shape index (κ2) is 4.27.